The van der Waals surface area contributed by atoms with Crippen LogP contribution in [0.1, 0.15) is 25.3 Å². The Bertz CT molecular complexity index is 787. The van der Waals surface area contributed by atoms with E-state index in [2.05, 4.69) is 22.9 Å². The quantitative estimate of drug-likeness (QED) is 0.731. The van der Waals surface area contributed by atoms with Gasteiger partial charge in [-0.25, -0.2) is 0 Å². The van der Waals surface area contributed by atoms with E-state index in [1.165, 1.54) is 6.07 Å². The number of halogens is 1. The zero-order valence-corrected chi connectivity index (χ0v) is 16.7. The molecule has 2 heterocycles. The summed E-state index contributed by atoms with van der Waals surface area (Å²) in [5.41, 5.74) is 0.677. The molecule has 0 saturated carbocycles. The van der Waals surface area contributed by atoms with E-state index in [0.29, 0.717) is 29.0 Å². The summed E-state index contributed by atoms with van der Waals surface area (Å²) in [5.74, 6) is 0.0521. The van der Waals surface area contributed by atoms with Crippen LogP contribution in [0.4, 0.5) is 4.79 Å². The number of phenolic OH excluding ortho intramolecular Hbond substituents is 1. The van der Waals surface area contributed by atoms with Gasteiger partial charge in [0.15, 0.2) is 0 Å². The van der Waals surface area contributed by atoms with Crippen LogP contribution in [0.5, 0.6) is 5.75 Å². The molecule has 2 saturated heterocycles. The molecule has 0 unspecified atom stereocenters. The lowest BCUT2D eigenvalue weighted by molar-refractivity contribution is -0.136. The first kappa shape index (κ1) is 19.0. The molecule has 3 amide bonds. The second-order valence-corrected chi connectivity index (χ2v) is 8.39. The van der Waals surface area contributed by atoms with Gasteiger partial charge in [-0.15, -0.1) is 0 Å². The minimum atomic E-state index is -0.456. The SMILES string of the molecule is CC1CCN(C(=O)CN2C(=O)S/C(=C/c3ccc(O)c(Br)c3)C2=O)CC1. The Balaban J connectivity index is 1.69. The number of aromatic hydroxyl groups is 1. The Kier molecular flexibility index (Phi) is 5.72. The Morgan fingerprint density at radius 1 is 1.35 bits per heavy atom. The molecule has 26 heavy (non-hydrogen) atoms. The van der Waals surface area contributed by atoms with Gasteiger partial charge >= 0.3 is 0 Å². The maximum absolute atomic E-state index is 12.5. The second kappa shape index (κ2) is 7.84. The normalized spacial score (nSPS) is 20.3. The van der Waals surface area contributed by atoms with Gasteiger partial charge in [0.1, 0.15) is 12.3 Å². The fraction of sp³-hybridized carbons (Fsp3) is 0.389. The fourth-order valence-electron chi connectivity index (χ4n) is 2.89. The summed E-state index contributed by atoms with van der Waals surface area (Å²) in [6.45, 7) is 3.29. The lowest BCUT2D eigenvalue weighted by Gasteiger charge is -2.31. The third kappa shape index (κ3) is 4.12. The Morgan fingerprint density at radius 2 is 2.04 bits per heavy atom. The van der Waals surface area contributed by atoms with Crippen LogP contribution in [0.25, 0.3) is 6.08 Å². The number of imide groups is 1. The summed E-state index contributed by atoms with van der Waals surface area (Å²) >= 11 is 4.04. The molecule has 0 spiro atoms. The third-order valence-electron chi connectivity index (χ3n) is 4.57. The molecule has 1 aromatic carbocycles. The molecule has 1 aromatic rings. The van der Waals surface area contributed by atoms with Crippen LogP contribution >= 0.6 is 27.7 Å². The second-order valence-electron chi connectivity index (χ2n) is 6.54. The van der Waals surface area contributed by atoms with Crippen molar-refractivity contribution in [3.05, 3.63) is 33.1 Å². The van der Waals surface area contributed by atoms with Crippen molar-refractivity contribution in [3.8, 4) is 5.75 Å². The van der Waals surface area contributed by atoms with E-state index in [9.17, 15) is 19.5 Å². The maximum Gasteiger partial charge on any atom is 0.294 e. The van der Waals surface area contributed by atoms with Gasteiger partial charge in [-0.1, -0.05) is 13.0 Å². The van der Waals surface area contributed by atoms with Crippen molar-refractivity contribution in [3.63, 3.8) is 0 Å². The third-order valence-corrected chi connectivity index (χ3v) is 6.12. The molecular weight excluding hydrogens is 420 g/mol. The number of hydrogen-bond donors (Lipinski definition) is 1. The summed E-state index contributed by atoms with van der Waals surface area (Å²) in [7, 11) is 0. The first-order chi connectivity index (χ1) is 12.3. The molecule has 0 atom stereocenters. The average Bonchev–Trinajstić information content (AvgIpc) is 2.86. The number of thioether (sulfide) groups is 1. The number of likely N-dealkylation sites (tertiary alicyclic amines) is 1. The smallest absolute Gasteiger partial charge is 0.294 e. The Hall–Kier alpha value is -1.80. The van der Waals surface area contributed by atoms with Gasteiger partial charge in [-0.05, 0) is 70.2 Å². The monoisotopic (exact) mass is 438 g/mol. The lowest BCUT2D eigenvalue weighted by Crippen LogP contribution is -2.45. The summed E-state index contributed by atoms with van der Waals surface area (Å²) in [4.78, 5) is 40.1. The number of phenols is 1. The summed E-state index contributed by atoms with van der Waals surface area (Å²) in [6, 6.07) is 4.80. The Morgan fingerprint density at radius 3 is 2.69 bits per heavy atom. The molecule has 0 bridgehead atoms. The average molecular weight is 439 g/mol. The first-order valence-electron chi connectivity index (χ1n) is 8.37. The fourth-order valence-corrected chi connectivity index (χ4v) is 4.13. The highest BCUT2D eigenvalue weighted by atomic mass is 79.9. The van der Waals surface area contributed by atoms with Gasteiger partial charge in [-0.3, -0.25) is 19.3 Å². The first-order valence-corrected chi connectivity index (χ1v) is 9.97. The highest BCUT2D eigenvalue weighted by molar-refractivity contribution is 9.10. The minimum absolute atomic E-state index is 0.0942. The lowest BCUT2D eigenvalue weighted by atomic mass is 9.99. The highest BCUT2D eigenvalue weighted by Gasteiger charge is 2.37. The molecular formula is C18H19BrN2O4S. The van der Waals surface area contributed by atoms with E-state index in [4.69, 9.17) is 0 Å². The van der Waals surface area contributed by atoms with E-state index >= 15 is 0 Å². The molecule has 0 aromatic heterocycles. The number of carbonyl (C=O) groups excluding carboxylic acids is 3. The predicted molar refractivity (Wildman–Crippen MR) is 103 cm³/mol. The van der Waals surface area contributed by atoms with Gasteiger partial charge in [0, 0.05) is 13.1 Å². The van der Waals surface area contributed by atoms with Crippen LogP contribution < -0.4 is 0 Å². The van der Waals surface area contributed by atoms with Crippen LogP contribution in [-0.4, -0.2) is 51.6 Å². The van der Waals surface area contributed by atoms with E-state index in [0.717, 1.165) is 29.5 Å². The number of rotatable bonds is 3. The van der Waals surface area contributed by atoms with Gasteiger partial charge in [-0.2, -0.15) is 0 Å². The zero-order valence-electron chi connectivity index (χ0n) is 14.3. The number of benzene rings is 1. The van der Waals surface area contributed by atoms with Crippen molar-refractivity contribution >= 4 is 50.8 Å². The summed E-state index contributed by atoms with van der Waals surface area (Å²) < 4.78 is 0.500. The van der Waals surface area contributed by atoms with Crippen molar-refractivity contribution in [1.82, 2.24) is 9.80 Å². The van der Waals surface area contributed by atoms with E-state index < -0.39 is 11.1 Å². The number of amides is 3. The Labute approximate surface area is 164 Å². The summed E-state index contributed by atoms with van der Waals surface area (Å²) in [6.07, 6.45) is 3.48. The zero-order chi connectivity index (χ0) is 18.8. The van der Waals surface area contributed by atoms with Crippen molar-refractivity contribution in [1.29, 1.82) is 0 Å². The van der Waals surface area contributed by atoms with Crippen LogP contribution in [0.15, 0.2) is 27.6 Å². The highest BCUT2D eigenvalue weighted by Crippen LogP contribution is 2.33. The van der Waals surface area contributed by atoms with Crippen LogP contribution in [-0.2, 0) is 9.59 Å². The van der Waals surface area contributed by atoms with Crippen LogP contribution in [0, 0.1) is 5.92 Å². The van der Waals surface area contributed by atoms with Gasteiger partial charge in [0.05, 0.1) is 9.38 Å². The molecule has 0 radical (unpaired) electrons. The van der Waals surface area contributed by atoms with E-state index in [1.807, 2.05) is 0 Å². The number of carbonyl (C=O) groups is 3. The molecule has 8 heteroatoms. The molecule has 6 nitrogen and oxygen atoms in total. The van der Waals surface area contributed by atoms with Crippen molar-refractivity contribution in [2.24, 2.45) is 5.92 Å². The van der Waals surface area contributed by atoms with Crippen molar-refractivity contribution in [2.45, 2.75) is 19.8 Å². The number of hydrogen-bond acceptors (Lipinski definition) is 5. The summed E-state index contributed by atoms with van der Waals surface area (Å²) in [5, 5.41) is 9.10. The molecule has 2 fully saturated rings. The molecule has 3 rings (SSSR count). The number of nitrogens with zero attached hydrogens (tertiary/aromatic N) is 2. The van der Waals surface area contributed by atoms with Crippen molar-refractivity contribution < 1.29 is 19.5 Å². The van der Waals surface area contributed by atoms with Crippen LogP contribution in [0.2, 0.25) is 0 Å². The number of piperidine rings is 1. The molecule has 1 N–H and O–H groups in total. The molecule has 2 aliphatic heterocycles. The molecule has 2 aliphatic rings. The minimum Gasteiger partial charge on any atom is -0.507 e. The molecule has 138 valence electrons. The predicted octanol–water partition coefficient (Wildman–Crippen LogP) is 3.45. The van der Waals surface area contributed by atoms with E-state index in [-0.39, 0.29) is 23.1 Å². The largest absolute Gasteiger partial charge is 0.507 e. The van der Waals surface area contributed by atoms with Crippen molar-refractivity contribution in [2.75, 3.05) is 19.6 Å². The molecule has 0 aliphatic carbocycles. The van der Waals surface area contributed by atoms with Gasteiger partial charge < -0.3 is 10.0 Å². The van der Waals surface area contributed by atoms with Crippen LogP contribution in [0.3, 0.4) is 0 Å². The topological polar surface area (TPSA) is 77.9 Å². The van der Waals surface area contributed by atoms with Gasteiger partial charge in [0.2, 0.25) is 5.91 Å². The standard InChI is InChI=1S/C18H19BrN2O4S/c1-11-4-6-20(7-5-11)16(23)10-21-17(24)15(26-18(21)25)9-12-2-3-14(22)13(19)8-12/h2-3,8-9,11,22H,4-7,10H2,1H3/b15-9+. The maximum atomic E-state index is 12.5. The van der Waals surface area contributed by atoms with Gasteiger partial charge in [0.25, 0.3) is 11.1 Å². The van der Waals surface area contributed by atoms with E-state index in [1.54, 1.807) is 23.1 Å².